The van der Waals surface area contributed by atoms with E-state index in [0.717, 1.165) is 0 Å². The summed E-state index contributed by atoms with van der Waals surface area (Å²) < 4.78 is 5.40. The van der Waals surface area contributed by atoms with Crippen LogP contribution in [-0.4, -0.2) is 18.2 Å². The molecule has 3 nitrogen and oxygen atoms in total. The number of aliphatic hydroxyl groups is 1. The molecule has 1 heterocycles. The second kappa shape index (κ2) is 5.22. The summed E-state index contributed by atoms with van der Waals surface area (Å²) in [4.78, 5) is 12.5. The van der Waals surface area contributed by atoms with Gasteiger partial charge >= 0.3 is 5.97 Å². The van der Waals surface area contributed by atoms with Crippen LogP contribution in [0.4, 0.5) is 0 Å². The summed E-state index contributed by atoms with van der Waals surface area (Å²) in [5, 5.41) is 12.6. The van der Waals surface area contributed by atoms with E-state index in [0.29, 0.717) is 14.9 Å². The van der Waals surface area contributed by atoms with Crippen molar-refractivity contribution >= 4 is 33.2 Å². The van der Waals surface area contributed by atoms with Crippen molar-refractivity contribution in [2.24, 2.45) is 0 Å². The lowest BCUT2D eigenvalue weighted by Gasteiger charge is -2.25. The van der Waals surface area contributed by atoms with Crippen LogP contribution >= 0.6 is 27.3 Å². The van der Waals surface area contributed by atoms with Crippen molar-refractivity contribution in [2.75, 3.05) is 7.11 Å². The summed E-state index contributed by atoms with van der Waals surface area (Å²) >= 11 is 4.66. The zero-order chi connectivity index (χ0) is 13.2. The predicted octanol–water partition coefficient (Wildman–Crippen LogP) is 2.92. The summed E-state index contributed by atoms with van der Waals surface area (Å²) in [5.74, 6) is -0.697. The van der Waals surface area contributed by atoms with Crippen molar-refractivity contribution in [1.82, 2.24) is 0 Å². The number of rotatable bonds is 3. The molecular weight excluding hydrogens is 316 g/mol. The number of esters is 1. The van der Waals surface area contributed by atoms with E-state index >= 15 is 0 Å². The van der Waals surface area contributed by atoms with Crippen molar-refractivity contribution in [2.45, 2.75) is 5.60 Å². The van der Waals surface area contributed by atoms with Crippen LogP contribution in [0.1, 0.15) is 10.4 Å². The van der Waals surface area contributed by atoms with Gasteiger partial charge in [0, 0.05) is 10.0 Å². The number of hydrogen-bond acceptors (Lipinski definition) is 4. The summed E-state index contributed by atoms with van der Waals surface area (Å²) in [6, 6.07) is 10.5. The van der Waals surface area contributed by atoms with Crippen molar-refractivity contribution in [3.63, 3.8) is 0 Å². The van der Waals surface area contributed by atoms with Gasteiger partial charge in [0.15, 0.2) is 0 Å². The van der Waals surface area contributed by atoms with Gasteiger partial charge in [-0.05, 0) is 17.5 Å². The minimum absolute atomic E-state index is 0.472. The summed E-state index contributed by atoms with van der Waals surface area (Å²) in [7, 11) is 1.26. The van der Waals surface area contributed by atoms with Crippen LogP contribution in [0.15, 0.2) is 46.3 Å². The van der Waals surface area contributed by atoms with Crippen LogP contribution in [0.25, 0.3) is 0 Å². The van der Waals surface area contributed by atoms with Gasteiger partial charge in [0.1, 0.15) is 0 Å². The molecule has 0 aliphatic carbocycles. The smallest absolute Gasteiger partial charge is 0.348 e. The third-order valence-corrected chi connectivity index (χ3v) is 4.29. The van der Waals surface area contributed by atoms with Crippen molar-refractivity contribution in [1.29, 1.82) is 0 Å². The zero-order valence-electron chi connectivity index (χ0n) is 9.59. The Morgan fingerprint density at radius 1 is 1.33 bits per heavy atom. The molecule has 1 unspecified atom stereocenters. The Balaban J connectivity index is 2.64. The fourth-order valence-corrected chi connectivity index (χ4v) is 3.13. The van der Waals surface area contributed by atoms with E-state index in [9.17, 15) is 9.90 Å². The molecule has 94 valence electrons. The standard InChI is InChI=1S/C13H11BrO3S/c1-17-12(15)13(16,11-7-4-8-18-11)9-5-2-3-6-10(9)14/h2-8,16H,1H3. The number of benzene rings is 1. The van der Waals surface area contributed by atoms with Gasteiger partial charge in [0.2, 0.25) is 5.60 Å². The predicted molar refractivity (Wildman–Crippen MR) is 73.5 cm³/mol. The SMILES string of the molecule is COC(=O)C(O)(c1cccs1)c1ccccc1Br. The van der Waals surface area contributed by atoms with Gasteiger partial charge < -0.3 is 9.84 Å². The normalized spacial score (nSPS) is 13.9. The van der Waals surface area contributed by atoms with E-state index in [1.54, 1.807) is 35.7 Å². The lowest BCUT2D eigenvalue weighted by molar-refractivity contribution is -0.158. The maximum atomic E-state index is 12.0. The van der Waals surface area contributed by atoms with Crippen molar-refractivity contribution in [3.05, 3.63) is 56.7 Å². The number of carbonyl (C=O) groups is 1. The van der Waals surface area contributed by atoms with Crippen LogP contribution in [0.2, 0.25) is 0 Å². The van der Waals surface area contributed by atoms with E-state index in [1.807, 2.05) is 6.07 Å². The number of ether oxygens (including phenoxy) is 1. The average Bonchev–Trinajstić information content (AvgIpc) is 2.91. The van der Waals surface area contributed by atoms with Crippen molar-refractivity contribution < 1.29 is 14.6 Å². The Hall–Kier alpha value is -1.17. The van der Waals surface area contributed by atoms with Gasteiger partial charge in [-0.2, -0.15) is 0 Å². The highest BCUT2D eigenvalue weighted by Gasteiger charge is 2.43. The first-order valence-corrected chi connectivity index (χ1v) is 6.87. The van der Waals surface area contributed by atoms with E-state index in [-0.39, 0.29) is 0 Å². The lowest BCUT2D eigenvalue weighted by Crippen LogP contribution is -2.37. The van der Waals surface area contributed by atoms with Crippen molar-refractivity contribution in [3.8, 4) is 0 Å². The highest BCUT2D eigenvalue weighted by Crippen LogP contribution is 2.37. The summed E-state index contributed by atoms with van der Waals surface area (Å²) in [5.41, 5.74) is -1.30. The molecule has 1 N–H and O–H groups in total. The van der Waals surface area contributed by atoms with Crippen LogP contribution < -0.4 is 0 Å². The van der Waals surface area contributed by atoms with E-state index < -0.39 is 11.6 Å². The second-order valence-corrected chi connectivity index (χ2v) is 5.46. The third kappa shape index (κ3) is 2.09. The Morgan fingerprint density at radius 2 is 2.06 bits per heavy atom. The fraction of sp³-hybridized carbons (Fsp3) is 0.154. The molecule has 0 fully saturated rings. The van der Waals surface area contributed by atoms with Crippen LogP contribution in [0.5, 0.6) is 0 Å². The molecule has 0 aliphatic rings. The second-order valence-electron chi connectivity index (χ2n) is 3.66. The van der Waals surface area contributed by atoms with E-state index in [4.69, 9.17) is 4.74 Å². The molecule has 0 saturated heterocycles. The highest BCUT2D eigenvalue weighted by molar-refractivity contribution is 9.10. The molecule has 0 amide bonds. The molecule has 0 radical (unpaired) electrons. The number of thiophene rings is 1. The molecule has 0 aliphatic heterocycles. The van der Waals surface area contributed by atoms with Gasteiger partial charge in [-0.3, -0.25) is 0 Å². The quantitative estimate of drug-likeness (QED) is 0.882. The topological polar surface area (TPSA) is 46.5 Å². The molecule has 0 spiro atoms. The largest absolute Gasteiger partial charge is 0.466 e. The minimum Gasteiger partial charge on any atom is -0.466 e. The highest BCUT2D eigenvalue weighted by atomic mass is 79.9. The minimum atomic E-state index is -1.77. The summed E-state index contributed by atoms with van der Waals surface area (Å²) in [6.07, 6.45) is 0. The monoisotopic (exact) mass is 326 g/mol. The number of methoxy groups -OCH3 is 1. The van der Waals surface area contributed by atoms with Gasteiger partial charge in [0.25, 0.3) is 0 Å². The Labute approximate surface area is 117 Å². The molecular formula is C13H11BrO3S. The molecule has 2 rings (SSSR count). The first-order chi connectivity index (χ1) is 8.60. The Kier molecular flexibility index (Phi) is 3.85. The van der Waals surface area contributed by atoms with Gasteiger partial charge in [-0.25, -0.2) is 4.79 Å². The lowest BCUT2D eigenvalue weighted by atomic mass is 9.92. The number of halogens is 1. The first kappa shape index (κ1) is 13.3. The maximum absolute atomic E-state index is 12.0. The number of carbonyl (C=O) groups excluding carboxylic acids is 1. The molecule has 18 heavy (non-hydrogen) atoms. The summed E-state index contributed by atoms with van der Waals surface area (Å²) in [6.45, 7) is 0. The zero-order valence-corrected chi connectivity index (χ0v) is 12.0. The Bertz CT molecular complexity index is 553. The third-order valence-electron chi connectivity index (χ3n) is 2.62. The van der Waals surface area contributed by atoms with Gasteiger partial charge in [0.05, 0.1) is 12.0 Å². The van der Waals surface area contributed by atoms with Crippen LogP contribution in [0, 0.1) is 0 Å². The Morgan fingerprint density at radius 3 is 2.61 bits per heavy atom. The van der Waals surface area contributed by atoms with Gasteiger partial charge in [-0.1, -0.05) is 40.2 Å². The number of hydrogen-bond donors (Lipinski definition) is 1. The fourth-order valence-electron chi connectivity index (χ4n) is 1.73. The maximum Gasteiger partial charge on any atom is 0.348 e. The first-order valence-electron chi connectivity index (χ1n) is 5.20. The molecule has 5 heteroatoms. The molecule has 1 atom stereocenters. The van der Waals surface area contributed by atoms with Crippen LogP contribution in [-0.2, 0) is 15.1 Å². The molecule has 2 aromatic rings. The van der Waals surface area contributed by atoms with E-state index in [1.165, 1.54) is 18.4 Å². The molecule has 1 aromatic carbocycles. The molecule has 1 aromatic heterocycles. The molecule has 0 saturated carbocycles. The van der Waals surface area contributed by atoms with Crippen LogP contribution in [0.3, 0.4) is 0 Å². The van der Waals surface area contributed by atoms with Gasteiger partial charge in [-0.15, -0.1) is 11.3 Å². The van der Waals surface area contributed by atoms with E-state index in [2.05, 4.69) is 15.9 Å². The molecule has 0 bridgehead atoms. The average molecular weight is 327 g/mol.